The van der Waals surface area contributed by atoms with Gasteiger partial charge in [0, 0.05) is 8.59 Å². The molecule has 0 saturated carbocycles. The van der Waals surface area contributed by atoms with Crippen LogP contribution in [-0.2, 0) is 0 Å². The smallest absolute Gasteiger partial charge is 0.276 e. The first-order valence-electron chi connectivity index (χ1n) is 5.26. The first-order chi connectivity index (χ1) is 9.08. The molecule has 0 atom stereocenters. The van der Waals surface area contributed by atoms with Crippen LogP contribution in [-0.4, -0.2) is 9.55 Å². The lowest BCUT2D eigenvalue weighted by atomic mass is 10.3. The molecule has 0 radical (unpaired) electrons. The second kappa shape index (κ2) is 5.01. The number of halogens is 2. The van der Waals surface area contributed by atoms with Gasteiger partial charge in [-0.05, 0) is 64.5 Å². The third-order valence-corrected chi connectivity index (χ3v) is 4.94. The number of H-pyrrole nitrogens is 1. The highest BCUT2D eigenvalue weighted by Crippen LogP contribution is 2.22. The standard InChI is InChI=1S/C12H6ClIN2OS2/c13-6-1-2-9(7(14)5-6)16-11(17)10-8(3-4-19-10)15-12(16)18/h1-5H,(H,15,18). The summed E-state index contributed by atoms with van der Waals surface area (Å²) >= 11 is 14.8. The molecule has 19 heavy (non-hydrogen) atoms. The Morgan fingerprint density at radius 1 is 1.37 bits per heavy atom. The van der Waals surface area contributed by atoms with E-state index >= 15 is 0 Å². The molecule has 3 rings (SSSR count). The van der Waals surface area contributed by atoms with Gasteiger partial charge in [-0.3, -0.25) is 9.36 Å². The van der Waals surface area contributed by atoms with E-state index < -0.39 is 0 Å². The maximum absolute atomic E-state index is 12.5. The van der Waals surface area contributed by atoms with Crippen LogP contribution in [0.1, 0.15) is 0 Å². The molecule has 7 heteroatoms. The summed E-state index contributed by atoms with van der Waals surface area (Å²) in [5.41, 5.74) is 1.42. The largest absolute Gasteiger partial charge is 0.331 e. The van der Waals surface area contributed by atoms with Gasteiger partial charge in [-0.25, -0.2) is 0 Å². The summed E-state index contributed by atoms with van der Waals surface area (Å²) in [5, 5.41) is 2.50. The normalized spacial score (nSPS) is 11.1. The highest BCUT2D eigenvalue weighted by molar-refractivity contribution is 14.1. The van der Waals surface area contributed by atoms with Gasteiger partial charge in [-0.2, -0.15) is 0 Å². The van der Waals surface area contributed by atoms with Gasteiger partial charge in [0.1, 0.15) is 4.70 Å². The number of aromatic nitrogens is 2. The molecule has 2 aromatic heterocycles. The van der Waals surface area contributed by atoms with Crippen LogP contribution in [0.25, 0.3) is 15.9 Å². The molecular weight excluding hydrogens is 415 g/mol. The molecule has 1 N–H and O–H groups in total. The van der Waals surface area contributed by atoms with Gasteiger partial charge in [0.25, 0.3) is 5.56 Å². The van der Waals surface area contributed by atoms with E-state index in [0.29, 0.717) is 14.5 Å². The Balaban J connectivity index is 2.42. The average Bonchev–Trinajstić information content (AvgIpc) is 2.80. The summed E-state index contributed by atoms with van der Waals surface area (Å²) in [6.45, 7) is 0. The second-order valence-electron chi connectivity index (χ2n) is 3.83. The highest BCUT2D eigenvalue weighted by Gasteiger charge is 2.11. The van der Waals surface area contributed by atoms with E-state index in [1.807, 2.05) is 11.4 Å². The van der Waals surface area contributed by atoms with Crippen molar-refractivity contribution in [1.29, 1.82) is 0 Å². The molecule has 0 aliphatic carbocycles. The Bertz CT molecular complexity index is 897. The van der Waals surface area contributed by atoms with Gasteiger partial charge < -0.3 is 4.98 Å². The van der Waals surface area contributed by atoms with Crippen molar-refractivity contribution < 1.29 is 0 Å². The number of hydrogen-bond acceptors (Lipinski definition) is 3. The lowest BCUT2D eigenvalue weighted by Crippen LogP contribution is -2.20. The van der Waals surface area contributed by atoms with Crippen molar-refractivity contribution >= 4 is 68.0 Å². The summed E-state index contributed by atoms with van der Waals surface area (Å²) < 4.78 is 3.44. The number of fused-ring (bicyclic) bond motifs is 1. The van der Waals surface area contributed by atoms with Crippen LogP contribution in [0.15, 0.2) is 34.4 Å². The topological polar surface area (TPSA) is 37.8 Å². The fourth-order valence-electron chi connectivity index (χ4n) is 1.82. The van der Waals surface area contributed by atoms with Crippen molar-refractivity contribution in [2.24, 2.45) is 0 Å². The van der Waals surface area contributed by atoms with Crippen molar-refractivity contribution in [1.82, 2.24) is 9.55 Å². The Morgan fingerprint density at radius 3 is 2.89 bits per heavy atom. The number of benzene rings is 1. The summed E-state index contributed by atoms with van der Waals surface area (Å²) in [4.78, 5) is 15.6. The van der Waals surface area contributed by atoms with Gasteiger partial charge in [0.15, 0.2) is 4.77 Å². The summed E-state index contributed by atoms with van der Waals surface area (Å²) in [6.07, 6.45) is 0. The zero-order valence-corrected chi connectivity index (χ0v) is 13.9. The van der Waals surface area contributed by atoms with Crippen molar-refractivity contribution in [2.75, 3.05) is 0 Å². The van der Waals surface area contributed by atoms with Gasteiger partial charge in [-0.15, -0.1) is 11.3 Å². The molecule has 0 spiro atoms. The van der Waals surface area contributed by atoms with Gasteiger partial charge >= 0.3 is 0 Å². The maximum atomic E-state index is 12.5. The molecular formula is C12H6ClIN2OS2. The Morgan fingerprint density at radius 2 is 2.16 bits per heavy atom. The van der Waals surface area contributed by atoms with E-state index in [-0.39, 0.29) is 5.56 Å². The van der Waals surface area contributed by atoms with Crippen LogP contribution in [0, 0.1) is 8.34 Å². The summed E-state index contributed by atoms with van der Waals surface area (Å²) in [7, 11) is 0. The zero-order chi connectivity index (χ0) is 13.6. The van der Waals surface area contributed by atoms with E-state index in [2.05, 4.69) is 27.6 Å². The number of hydrogen-bond donors (Lipinski definition) is 1. The van der Waals surface area contributed by atoms with E-state index in [1.165, 1.54) is 15.9 Å². The fraction of sp³-hybridized carbons (Fsp3) is 0. The average molecular weight is 421 g/mol. The van der Waals surface area contributed by atoms with Crippen LogP contribution in [0.5, 0.6) is 0 Å². The second-order valence-corrected chi connectivity index (χ2v) is 6.73. The lowest BCUT2D eigenvalue weighted by molar-refractivity contribution is 0.938. The third kappa shape index (κ3) is 2.26. The molecule has 3 nitrogen and oxygen atoms in total. The van der Waals surface area contributed by atoms with Gasteiger partial charge in [0.2, 0.25) is 0 Å². The quantitative estimate of drug-likeness (QED) is 0.469. The molecule has 0 aliphatic heterocycles. The third-order valence-electron chi connectivity index (χ3n) is 2.66. The van der Waals surface area contributed by atoms with Crippen LogP contribution < -0.4 is 5.56 Å². The summed E-state index contributed by atoms with van der Waals surface area (Å²) in [5.74, 6) is 0. The van der Waals surface area contributed by atoms with Crippen molar-refractivity contribution in [3.8, 4) is 5.69 Å². The van der Waals surface area contributed by atoms with Gasteiger partial charge in [-0.1, -0.05) is 11.6 Å². The number of aromatic amines is 1. The molecule has 0 fully saturated rings. The van der Waals surface area contributed by atoms with Crippen LogP contribution in [0.3, 0.4) is 0 Å². The fourth-order valence-corrected chi connectivity index (χ4v) is 4.00. The number of rotatable bonds is 1. The monoisotopic (exact) mass is 420 g/mol. The summed E-state index contributed by atoms with van der Waals surface area (Å²) in [6, 6.07) is 7.21. The Kier molecular flexibility index (Phi) is 3.50. The van der Waals surface area contributed by atoms with Crippen LogP contribution >= 0.6 is 57.7 Å². The zero-order valence-electron chi connectivity index (χ0n) is 9.31. The molecule has 96 valence electrons. The van der Waals surface area contributed by atoms with Crippen LogP contribution in [0.2, 0.25) is 5.02 Å². The molecule has 3 aromatic rings. The van der Waals surface area contributed by atoms with E-state index in [4.69, 9.17) is 23.8 Å². The minimum atomic E-state index is -0.103. The lowest BCUT2D eigenvalue weighted by Gasteiger charge is -2.08. The van der Waals surface area contributed by atoms with E-state index in [9.17, 15) is 4.79 Å². The minimum absolute atomic E-state index is 0.103. The van der Waals surface area contributed by atoms with Crippen molar-refractivity contribution in [2.45, 2.75) is 0 Å². The Hall–Kier alpha value is -0.700. The van der Waals surface area contributed by atoms with Crippen molar-refractivity contribution in [3.63, 3.8) is 0 Å². The molecule has 1 aromatic carbocycles. The molecule has 0 aliphatic rings. The first-order valence-corrected chi connectivity index (χ1v) is 8.00. The van der Waals surface area contributed by atoms with E-state index in [0.717, 1.165) is 14.8 Å². The van der Waals surface area contributed by atoms with Crippen molar-refractivity contribution in [3.05, 3.63) is 53.4 Å². The number of nitrogens with zero attached hydrogens (tertiary/aromatic N) is 1. The minimum Gasteiger partial charge on any atom is -0.331 e. The first kappa shape index (κ1) is 13.3. The predicted molar refractivity (Wildman–Crippen MR) is 90.3 cm³/mol. The number of nitrogens with one attached hydrogen (secondary N) is 1. The Labute approximate surface area is 136 Å². The van der Waals surface area contributed by atoms with E-state index in [1.54, 1.807) is 18.2 Å². The molecule has 0 amide bonds. The molecule has 0 saturated heterocycles. The predicted octanol–water partition coefficient (Wildman–Crippen LogP) is 4.37. The SMILES string of the molecule is O=c1c2sccc2[nH]c(=S)n1-c1ccc(Cl)cc1I. The molecule has 0 unspecified atom stereocenters. The van der Waals surface area contributed by atoms with Crippen LogP contribution in [0.4, 0.5) is 0 Å². The maximum Gasteiger partial charge on any atom is 0.276 e. The van der Waals surface area contributed by atoms with Gasteiger partial charge in [0.05, 0.1) is 11.2 Å². The highest BCUT2D eigenvalue weighted by atomic mass is 127. The molecule has 0 bridgehead atoms. The number of thiophene rings is 1. The molecule has 2 heterocycles.